The molecular weight excluding hydrogens is 350 g/mol. The standard InChI is InChI=1S/C20H39NO6/c1-2-3-4-5-6-7-8-9-10-11-12-13-16(23)27-19-17(21)20(25)26-15(14-22)18(19)24/h15,17-20,22,24-25H,2-14,21H2,1H3/t15-,17-,18-,19-,20?/m1/s1. The van der Waals surface area contributed by atoms with Gasteiger partial charge in [-0.1, -0.05) is 71.1 Å². The molecule has 0 spiro atoms. The van der Waals surface area contributed by atoms with Crippen molar-refractivity contribution in [3.05, 3.63) is 0 Å². The van der Waals surface area contributed by atoms with Crippen molar-refractivity contribution in [3.63, 3.8) is 0 Å². The quantitative estimate of drug-likeness (QED) is 0.265. The number of carbonyl (C=O) groups excluding carboxylic acids is 1. The fourth-order valence-corrected chi connectivity index (χ4v) is 3.40. The van der Waals surface area contributed by atoms with Gasteiger partial charge in [0, 0.05) is 6.42 Å². The van der Waals surface area contributed by atoms with Gasteiger partial charge in [-0.05, 0) is 6.42 Å². The number of hydrogen-bond donors (Lipinski definition) is 4. The van der Waals surface area contributed by atoms with Gasteiger partial charge in [-0.15, -0.1) is 0 Å². The molecule has 1 aliphatic heterocycles. The predicted molar refractivity (Wildman–Crippen MR) is 103 cm³/mol. The van der Waals surface area contributed by atoms with Crippen LogP contribution < -0.4 is 5.73 Å². The summed E-state index contributed by atoms with van der Waals surface area (Å²) in [5.41, 5.74) is 5.75. The van der Waals surface area contributed by atoms with E-state index in [0.29, 0.717) is 0 Å². The van der Waals surface area contributed by atoms with Crippen molar-refractivity contribution in [2.24, 2.45) is 5.73 Å². The summed E-state index contributed by atoms with van der Waals surface area (Å²) in [6.07, 6.45) is 8.69. The molecule has 0 saturated carbocycles. The minimum Gasteiger partial charge on any atom is -0.458 e. The summed E-state index contributed by atoms with van der Waals surface area (Å²) in [6, 6.07) is -1.04. The molecule has 0 aliphatic carbocycles. The zero-order chi connectivity index (χ0) is 20.1. The lowest BCUT2D eigenvalue weighted by Crippen LogP contribution is -2.63. The largest absolute Gasteiger partial charge is 0.458 e. The second-order valence-corrected chi connectivity index (χ2v) is 7.56. The van der Waals surface area contributed by atoms with E-state index in [2.05, 4.69) is 6.92 Å². The maximum Gasteiger partial charge on any atom is 0.306 e. The molecule has 1 fully saturated rings. The molecule has 27 heavy (non-hydrogen) atoms. The minimum atomic E-state index is -1.38. The SMILES string of the molecule is CCCCCCCCCCCCCC(=O)O[C@H]1[C@H](O)[C@@H](CO)OC(O)[C@@H]1N. The van der Waals surface area contributed by atoms with Gasteiger partial charge in [-0.25, -0.2) is 0 Å². The molecule has 1 unspecified atom stereocenters. The summed E-state index contributed by atoms with van der Waals surface area (Å²) in [7, 11) is 0. The Labute approximate surface area is 163 Å². The molecule has 160 valence electrons. The van der Waals surface area contributed by atoms with E-state index in [1.165, 1.54) is 51.4 Å². The predicted octanol–water partition coefficient (Wildman–Crippen LogP) is 2.00. The smallest absolute Gasteiger partial charge is 0.306 e. The molecule has 0 bridgehead atoms. The Morgan fingerprint density at radius 1 is 0.963 bits per heavy atom. The number of hydrogen-bond acceptors (Lipinski definition) is 7. The third kappa shape index (κ3) is 9.34. The van der Waals surface area contributed by atoms with E-state index in [4.69, 9.17) is 20.3 Å². The maximum absolute atomic E-state index is 12.0. The fourth-order valence-electron chi connectivity index (χ4n) is 3.40. The average Bonchev–Trinajstić information content (AvgIpc) is 2.66. The molecule has 5 N–H and O–H groups in total. The number of aliphatic hydroxyl groups excluding tert-OH is 3. The van der Waals surface area contributed by atoms with E-state index < -0.39 is 43.2 Å². The number of carbonyl (C=O) groups is 1. The van der Waals surface area contributed by atoms with Gasteiger partial charge in [0.1, 0.15) is 12.2 Å². The van der Waals surface area contributed by atoms with Crippen LogP contribution in [0.15, 0.2) is 0 Å². The van der Waals surface area contributed by atoms with Crippen molar-refractivity contribution in [1.29, 1.82) is 0 Å². The Hall–Kier alpha value is -0.730. The summed E-state index contributed by atoms with van der Waals surface area (Å²) in [5, 5.41) is 28.9. The molecule has 0 aromatic rings. The molecule has 7 nitrogen and oxygen atoms in total. The number of nitrogens with two attached hydrogens (primary N) is 1. The zero-order valence-electron chi connectivity index (χ0n) is 16.7. The number of ether oxygens (including phenoxy) is 2. The maximum atomic E-state index is 12.0. The first-order chi connectivity index (χ1) is 13.0. The molecular formula is C20H39NO6. The van der Waals surface area contributed by atoms with Gasteiger partial charge in [0.05, 0.1) is 12.6 Å². The Morgan fingerprint density at radius 2 is 1.48 bits per heavy atom. The normalized spacial score (nSPS) is 28.3. The van der Waals surface area contributed by atoms with Crippen LogP contribution in [0, 0.1) is 0 Å². The van der Waals surface area contributed by atoms with Crippen LogP contribution in [0.1, 0.15) is 84.0 Å². The van der Waals surface area contributed by atoms with Gasteiger partial charge in [-0.2, -0.15) is 0 Å². The van der Waals surface area contributed by atoms with Gasteiger partial charge in [-0.3, -0.25) is 4.79 Å². The average molecular weight is 390 g/mol. The van der Waals surface area contributed by atoms with Gasteiger partial charge >= 0.3 is 5.97 Å². The van der Waals surface area contributed by atoms with Crippen molar-refractivity contribution in [3.8, 4) is 0 Å². The zero-order valence-corrected chi connectivity index (χ0v) is 16.7. The second kappa shape index (κ2) is 14.3. The fraction of sp³-hybridized carbons (Fsp3) is 0.950. The molecule has 1 rings (SSSR count). The summed E-state index contributed by atoms with van der Waals surface area (Å²) >= 11 is 0. The van der Waals surface area contributed by atoms with E-state index in [-0.39, 0.29) is 6.42 Å². The highest BCUT2D eigenvalue weighted by molar-refractivity contribution is 5.69. The van der Waals surface area contributed by atoms with Crippen molar-refractivity contribution in [2.75, 3.05) is 6.61 Å². The van der Waals surface area contributed by atoms with E-state index in [1.54, 1.807) is 0 Å². The van der Waals surface area contributed by atoms with Gasteiger partial charge in [0.25, 0.3) is 0 Å². The van der Waals surface area contributed by atoms with Gasteiger partial charge in [0.2, 0.25) is 0 Å². The van der Waals surface area contributed by atoms with Crippen molar-refractivity contribution in [2.45, 2.75) is 115 Å². The lowest BCUT2D eigenvalue weighted by Gasteiger charge is -2.40. The number of esters is 1. The van der Waals surface area contributed by atoms with E-state index in [1.807, 2.05) is 0 Å². The van der Waals surface area contributed by atoms with E-state index >= 15 is 0 Å². The summed E-state index contributed by atoms with van der Waals surface area (Å²) in [5.74, 6) is -0.448. The molecule has 1 saturated heterocycles. The third-order valence-electron chi connectivity index (χ3n) is 5.17. The van der Waals surface area contributed by atoms with Crippen LogP contribution >= 0.6 is 0 Å². The van der Waals surface area contributed by atoms with Crippen LogP contribution in [0.3, 0.4) is 0 Å². The van der Waals surface area contributed by atoms with Crippen LogP contribution in [0.4, 0.5) is 0 Å². The molecule has 0 aromatic carbocycles. The van der Waals surface area contributed by atoms with Crippen molar-refractivity contribution in [1.82, 2.24) is 0 Å². The highest BCUT2D eigenvalue weighted by Gasteiger charge is 2.44. The third-order valence-corrected chi connectivity index (χ3v) is 5.17. The van der Waals surface area contributed by atoms with Crippen LogP contribution in [0.5, 0.6) is 0 Å². The Kier molecular flexibility index (Phi) is 12.9. The monoisotopic (exact) mass is 389 g/mol. The summed E-state index contributed by atoms with van der Waals surface area (Å²) < 4.78 is 10.2. The second-order valence-electron chi connectivity index (χ2n) is 7.56. The van der Waals surface area contributed by atoms with Crippen molar-refractivity contribution < 1.29 is 29.6 Å². The molecule has 0 aromatic heterocycles. The number of unbranched alkanes of at least 4 members (excludes halogenated alkanes) is 10. The van der Waals surface area contributed by atoms with Crippen LogP contribution in [0.2, 0.25) is 0 Å². The van der Waals surface area contributed by atoms with Crippen LogP contribution in [-0.4, -0.2) is 58.5 Å². The lowest BCUT2D eigenvalue weighted by atomic mass is 9.97. The minimum absolute atomic E-state index is 0.258. The first kappa shape index (κ1) is 24.3. The number of aliphatic hydroxyl groups is 3. The summed E-state index contributed by atoms with van der Waals surface area (Å²) in [4.78, 5) is 12.0. The Bertz CT molecular complexity index is 395. The molecule has 0 radical (unpaired) electrons. The molecule has 7 heteroatoms. The van der Waals surface area contributed by atoms with Gasteiger partial charge in [0.15, 0.2) is 12.4 Å². The van der Waals surface area contributed by atoms with Crippen LogP contribution in [-0.2, 0) is 14.3 Å². The first-order valence-electron chi connectivity index (χ1n) is 10.6. The van der Waals surface area contributed by atoms with Gasteiger partial charge < -0.3 is 30.5 Å². The highest BCUT2D eigenvalue weighted by atomic mass is 16.6. The lowest BCUT2D eigenvalue weighted by molar-refractivity contribution is -0.254. The van der Waals surface area contributed by atoms with Crippen LogP contribution in [0.25, 0.3) is 0 Å². The Balaban J connectivity index is 2.09. The van der Waals surface area contributed by atoms with Crippen molar-refractivity contribution >= 4 is 5.97 Å². The molecule has 5 atom stereocenters. The Morgan fingerprint density at radius 3 is 2.00 bits per heavy atom. The van der Waals surface area contributed by atoms with E-state index in [0.717, 1.165) is 19.3 Å². The molecule has 0 amide bonds. The first-order valence-corrected chi connectivity index (χ1v) is 10.6. The topological polar surface area (TPSA) is 122 Å². The van der Waals surface area contributed by atoms with E-state index in [9.17, 15) is 15.0 Å². The highest BCUT2D eigenvalue weighted by Crippen LogP contribution is 2.22. The summed E-state index contributed by atoms with van der Waals surface area (Å²) in [6.45, 7) is 1.74. The number of rotatable bonds is 14. The molecule has 1 aliphatic rings. The molecule has 1 heterocycles.